The fourth-order valence-electron chi connectivity index (χ4n) is 5.91. The summed E-state index contributed by atoms with van der Waals surface area (Å²) in [5.74, 6) is -5.99. The third kappa shape index (κ3) is 7.14. The molecule has 2 saturated carbocycles. The Morgan fingerprint density at radius 3 is 1.87 bits per heavy atom. The van der Waals surface area contributed by atoms with Gasteiger partial charge in [-0.3, -0.25) is 0 Å². The van der Waals surface area contributed by atoms with Crippen LogP contribution in [0.2, 0.25) is 0 Å². The topological polar surface area (TPSA) is 18.5 Å². The van der Waals surface area contributed by atoms with Crippen molar-refractivity contribution in [2.24, 2.45) is 23.7 Å². The molecule has 0 saturated heterocycles. The van der Waals surface area contributed by atoms with Crippen molar-refractivity contribution in [3.8, 4) is 11.5 Å². The molecule has 0 atom stereocenters. The first kappa shape index (κ1) is 28.6. The van der Waals surface area contributed by atoms with Gasteiger partial charge in [-0.1, -0.05) is 18.9 Å². The molecule has 2 fully saturated rings. The molecule has 0 radical (unpaired) electrons. The van der Waals surface area contributed by atoms with E-state index in [4.69, 9.17) is 4.74 Å². The average molecular weight is 547 g/mol. The Balaban J connectivity index is 1.16. The highest BCUT2D eigenvalue weighted by Crippen LogP contribution is 2.43. The fourth-order valence-corrected chi connectivity index (χ4v) is 5.91. The summed E-state index contributed by atoms with van der Waals surface area (Å²) < 4.78 is 106. The summed E-state index contributed by atoms with van der Waals surface area (Å²) in [6.07, 6.45) is 3.60. The zero-order chi connectivity index (χ0) is 27.4. The molecular formula is C29H33F7O2. The Bertz CT molecular complexity index is 1070. The van der Waals surface area contributed by atoms with Crippen molar-refractivity contribution < 1.29 is 40.2 Å². The van der Waals surface area contributed by atoms with E-state index in [-0.39, 0.29) is 29.6 Å². The van der Waals surface area contributed by atoms with Crippen LogP contribution in [0.1, 0.15) is 69.8 Å². The minimum absolute atomic E-state index is 0.0542. The van der Waals surface area contributed by atoms with Gasteiger partial charge < -0.3 is 9.47 Å². The minimum Gasteiger partial charge on any atom is -0.490 e. The highest BCUT2D eigenvalue weighted by molar-refractivity contribution is 5.30. The molecule has 38 heavy (non-hydrogen) atoms. The van der Waals surface area contributed by atoms with Gasteiger partial charge in [0.1, 0.15) is 5.75 Å². The molecule has 0 spiro atoms. The molecule has 0 aliphatic heterocycles. The first-order valence-electron chi connectivity index (χ1n) is 13.3. The summed E-state index contributed by atoms with van der Waals surface area (Å²) in [6, 6.07) is 3.79. The lowest BCUT2D eigenvalue weighted by Gasteiger charge is -2.38. The fraction of sp³-hybridized carbons (Fsp3) is 0.586. The highest BCUT2D eigenvalue weighted by atomic mass is 19.3. The SMILES string of the molecule is Cc1ccc(OCC2CCC(C3CCC(CCC(F)(F)Oc4cc(F)c(F)c(F)c4)CC3)CC2)c(F)c1F. The Morgan fingerprint density at radius 2 is 1.29 bits per heavy atom. The van der Waals surface area contributed by atoms with Gasteiger partial charge in [-0.15, -0.1) is 0 Å². The molecule has 2 nitrogen and oxygen atoms in total. The second kappa shape index (κ2) is 12.2. The number of halogens is 7. The van der Waals surface area contributed by atoms with Gasteiger partial charge in [0.25, 0.3) is 0 Å². The van der Waals surface area contributed by atoms with Gasteiger partial charge in [0.05, 0.1) is 13.0 Å². The quantitative estimate of drug-likeness (QED) is 0.231. The van der Waals surface area contributed by atoms with Gasteiger partial charge in [-0.05, 0) is 87.2 Å². The molecule has 4 rings (SSSR count). The minimum atomic E-state index is -3.61. The van der Waals surface area contributed by atoms with Gasteiger partial charge in [-0.25, -0.2) is 17.6 Å². The maximum absolute atomic E-state index is 14.3. The zero-order valence-corrected chi connectivity index (χ0v) is 21.4. The monoisotopic (exact) mass is 546 g/mol. The van der Waals surface area contributed by atoms with Crippen molar-refractivity contribution >= 4 is 0 Å². The second-order valence-electron chi connectivity index (χ2n) is 10.9. The van der Waals surface area contributed by atoms with Crippen LogP contribution in [0.15, 0.2) is 24.3 Å². The Kier molecular flexibility index (Phi) is 9.14. The highest BCUT2D eigenvalue weighted by Gasteiger charge is 2.35. The predicted molar refractivity (Wildman–Crippen MR) is 129 cm³/mol. The van der Waals surface area contributed by atoms with E-state index in [0.29, 0.717) is 30.6 Å². The van der Waals surface area contributed by atoms with Gasteiger partial charge in [0.15, 0.2) is 29.0 Å². The molecule has 2 aliphatic rings. The van der Waals surface area contributed by atoms with Crippen LogP contribution in [-0.4, -0.2) is 12.7 Å². The molecule has 0 aromatic heterocycles. The van der Waals surface area contributed by atoms with E-state index in [2.05, 4.69) is 4.74 Å². The van der Waals surface area contributed by atoms with E-state index >= 15 is 0 Å². The lowest BCUT2D eigenvalue weighted by Crippen LogP contribution is -2.29. The van der Waals surface area contributed by atoms with Crippen LogP contribution < -0.4 is 9.47 Å². The van der Waals surface area contributed by atoms with E-state index < -0.39 is 47.4 Å². The van der Waals surface area contributed by atoms with Crippen molar-refractivity contribution in [3.63, 3.8) is 0 Å². The van der Waals surface area contributed by atoms with Crippen LogP contribution in [0, 0.1) is 59.7 Å². The molecule has 0 bridgehead atoms. The molecule has 0 unspecified atom stereocenters. The van der Waals surface area contributed by atoms with E-state index in [1.54, 1.807) is 0 Å². The maximum atomic E-state index is 14.3. The second-order valence-corrected chi connectivity index (χ2v) is 10.9. The van der Waals surface area contributed by atoms with Crippen molar-refractivity contribution in [2.75, 3.05) is 6.61 Å². The number of rotatable bonds is 9. The summed E-state index contributed by atoms with van der Waals surface area (Å²) in [7, 11) is 0. The van der Waals surface area contributed by atoms with E-state index in [1.165, 1.54) is 19.1 Å². The van der Waals surface area contributed by atoms with Gasteiger partial charge in [0.2, 0.25) is 5.82 Å². The van der Waals surface area contributed by atoms with Gasteiger partial charge in [-0.2, -0.15) is 13.2 Å². The van der Waals surface area contributed by atoms with Crippen molar-refractivity contribution in [3.05, 3.63) is 58.9 Å². The molecule has 2 aromatic rings. The van der Waals surface area contributed by atoms with Crippen LogP contribution in [0.25, 0.3) is 0 Å². The number of ether oxygens (including phenoxy) is 2. The molecular weight excluding hydrogens is 513 g/mol. The number of alkyl halides is 2. The lowest BCUT2D eigenvalue weighted by atomic mass is 9.69. The molecule has 210 valence electrons. The van der Waals surface area contributed by atoms with Crippen molar-refractivity contribution in [1.29, 1.82) is 0 Å². The van der Waals surface area contributed by atoms with E-state index in [0.717, 1.165) is 51.4 Å². The van der Waals surface area contributed by atoms with E-state index in [9.17, 15) is 30.7 Å². The zero-order valence-electron chi connectivity index (χ0n) is 21.4. The summed E-state index contributed by atoms with van der Waals surface area (Å²) in [4.78, 5) is 0. The molecule has 2 aromatic carbocycles. The van der Waals surface area contributed by atoms with Crippen molar-refractivity contribution in [2.45, 2.75) is 77.2 Å². The number of benzene rings is 2. The number of hydrogen-bond acceptors (Lipinski definition) is 2. The smallest absolute Gasteiger partial charge is 0.397 e. The van der Waals surface area contributed by atoms with Crippen LogP contribution in [0.5, 0.6) is 11.5 Å². The molecule has 2 aliphatic carbocycles. The third-order valence-corrected chi connectivity index (χ3v) is 8.23. The number of hydrogen-bond donors (Lipinski definition) is 0. The van der Waals surface area contributed by atoms with E-state index in [1.807, 2.05) is 0 Å². The maximum Gasteiger partial charge on any atom is 0.397 e. The average Bonchev–Trinajstić information content (AvgIpc) is 2.89. The first-order valence-corrected chi connectivity index (χ1v) is 13.3. The van der Waals surface area contributed by atoms with Crippen LogP contribution >= 0.6 is 0 Å². The largest absolute Gasteiger partial charge is 0.490 e. The first-order chi connectivity index (χ1) is 18.0. The Labute approximate surface area is 218 Å². The van der Waals surface area contributed by atoms with Gasteiger partial charge in [0, 0.05) is 12.1 Å². The molecule has 0 amide bonds. The molecule has 9 heteroatoms. The normalized spacial score (nSPS) is 24.3. The predicted octanol–water partition coefficient (Wildman–Crippen LogP) is 9.13. The summed E-state index contributed by atoms with van der Waals surface area (Å²) in [5.41, 5.74) is 0.241. The van der Waals surface area contributed by atoms with Gasteiger partial charge >= 0.3 is 6.11 Å². The van der Waals surface area contributed by atoms with Crippen LogP contribution in [0.4, 0.5) is 30.7 Å². The summed E-state index contributed by atoms with van der Waals surface area (Å²) in [5, 5.41) is 0. The Hall–Kier alpha value is -2.45. The lowest BCUT2D eigenvalue weighted by molar-refractivity contribution is -0.183. The summed E-state index contributed by atoms with van der Waals surface area (Å²) in [6.45, 7) is 1.86. The standard InChI is InChI=1S/C29H33F7O2/c1-17-2-11-25(28(34)26(17)32)37-16-19-5-9-21(10-6-19)20-7-3-18(4-8-20)12-13-29(35,36)38-22-14-23(30)27(33)24(31)15-22/h2,11,14-15,18-21H,3-10,12-13,16H2,1H3. The third-order valence-electron chi connectivity index (χ3n) is 8.23. The number of aryl methyl sites for hydroxylation is 1. The van der Waals surface area contributed by atoms with Crippen LogP contribution in [0.3, 0.4) is 0 Å². The summed E-state index contributed by atoms with van der Waals surface area (Å²) >= 11 is 0. The molecule has 0 N–H and O–H groups in total. The van der Waals surface area contributed by atoms with Crippen LogP contribution in [-0.2, 0) is 0 Å². The molecule has 0 heterocycles. The Morgan fingerprint density at radius 1 is 0.737 bits per heavy atom. The van der Waals surface area contributed by atoms with Crippen molar-refractivity contribution in [1.82, 2.24) is 0 Å².